The minimum Gasteiger partial charge on any atom is -0.325 e. The fourth-order valence-electron chi connectivity index (χ4n) is 3.02. The molecule has 1 heterocycles. The number of hydrogen-bond donors (Lipinski definition) is 4. The van der Waals surface area contributed by atoms with E-state index >= 15 is 0 Å². The molecule has 0 radical (unpaired) electrons. The molecule has 1 saturated heterocycles. The minimum absolute atomic E-state index is 0.117. The third-order valence-electron chi connectivity index (χ3n) is 4.70. The van der Waals surface area contributed by atoms with E-state index in [0.717, 1.165) is 23.7 Å². The van der Waals surface area contributed by atoms with Crippen molar-refractivity contribution in [2.24, 2.45) is 0 Å². The van der Waals surface area contributed by atoms with E-state index < -0.39 is 21.4 Å². The Hall–Kier alpha value is -1.94. The zero-order valence-electron chi connectivity index (χ0n) is 16.1. The predicted molar refractivity (Wildman–Crippen MR) is 119 cm³/mol. The van der Waals surface area contributed by atoms with Gasteiger partial charge in [0.25, 0.3) is 0 Å². The molecular weight excluding hydrogens is 456 g/mol. The number of carbonyl (C=O) groups excluding carboxylic acids is 1. The number of carbonyl (C=O) groups is 1. The molecule has 2 aromatic carbocycles. The van der Waals surface area contributed by atoms with Crippen LogP contribution in [-0.2, 0) is 21.2 Å². The lowest BCUT2D eigenvalue weighted by Gasteiger charge is -2.13. The summed E-state index contributed by atoms with van der Waals surface area (Å²) in [6.07, 6.45) is 3.41. The largest absolute Gasteiger partial charge is 0.325 e. The molecule has 1 aliphatic heterocycles. The summed E-state index contributed by atoms with van der Waals surface area (Å²) < 4.78 is 28.6. The average Bonchev–Trinajstić information content (AvgIpc) is 3.21. The van der Waals surface area contributed by atoms with Crippen molar-refractivity contribution >= 4 is 43.2 Å². The van der Waals surface area contributed by atoms with E-state index in [0.29, 0.717) is 11.4 Å². The zero-order valence-corrected chi connectivity index (χ0v) is 18.5. The van der Waals surface area contributed by atoms with Crippen molar-refractivity contribution in [3.63, 3.8) is 0 Å². The Bertz CT molecular complexity index is 933. The van der Waals surface area contributed by atoms with Crippen molar-refractivity contribution in [1.29, 1.82) is 0 Å². The third-order valence-corrected chi connectivity index (χ3v) is 6.81. The van der Waals surface area contributed by atoms with E-state index in [9.17, 15) is 13.2 Å². The Morgan fingerprint density at radius 1 is 1.07 bits per heavy atom. The topological polar surface area (TPSA) is 99.3 Å². The molecule has 156 valence electrons. The molecule has 2 unspecified atom stereocenters. The molecule has 0 aliphatic carbocycles. The molecule has 0 spiro atoms. The highest BCUT2D eigenvalue weighted by molar-refractivity contribution is 9.10. The van der Waals surface area contributed by atoms with Crippen LogP contribution in [0.3, 0.4) is 0 Å². The number of rotatable bonds is 8. The number of hydrazine groups is 1. The maximum Gasteiger partial charge on any atom is 0.250 e. The monoisotopic (exact) mass is 480 g/mol. The molecule has 1 fully saturated rings. The van der Waals surface area contributed by atoms with Crippen LogP contribution in [0.15, 0.2) is 53.0 Å². The summed E-state index contributed by atoms with van der Waals surface area (Å²) in [6, 6.07) is 13.9. The Morgan fingerprint density at radius 2 is 1.72 bits per heavy atom. The average molecular weight is 481 g/mol. The Morgan fingerprint density at radius 3 is 2.38 bits per heavy atom. The van der Waals surface area contributed by atoms with Gasteiger partial charge < -0.3 is 5.32 Å². The molecule has 0 aromatic heterocycles. The summed E-state index contributed by atoms with van der Waals surface area (Å²) in [7, 11) is -3.70. The fraction of sp³-hybridized carbons (Fsp3) is 0.350. The van der Waals surface area contributed by atoms with Crippen molar-refractivity contribution in [3.05, 3.63) is 58.6 Å². The van der Waals surface area contributed by atoms with Gasteiger partial charge in [-0.15, -0.1) is 0 Å². The first-order valence-corrected chi connectivity index (χ1v) is 11.9. The van der Waals surface area contributed by atoms with Crippen LogP contribution in [0.4, 0.5) is 11.4 Å². The summed E-state index contributed by atoms with van der Waals surface area (Å²) in [4.78, 5) is 12.5. The van der Waals surface area contributed by atoms with Gasteiger partial charge in [-0.05, 0) is 54.8 Å². The van der Waals surface area contributed by atoms with Crippen molar-refractivity contribution in [2.75, 3.05) is 10.0 Å². The molecule has 0 bridgehead atoms. The van der Waals surface area contributed by atoms with Crippen molar-refractivity contribution in [1.82, 2.24) is 10.9 Å². The first-order chi connectivity index (χ1) is 13.9. The molecule has 2 atom stereocenters. The van der Waals surface area contributed by atoms with Gasteiger partial charge in [0.2, 0.25) is 15.9 Å². The molecule has 2 aromatic rings. The lowest BCUT2D eigenvalue weighted by molar-refractivity contribution is -0.117. The second-order valence-corrected chi connectivity index (χ2v) is 9.79. The molecule has 4 N–H and O–H groups in total. The third kappa shape index (κ3) is 6.02. The van der Waals surface area contributed by atoms with E-state index in [1.54, 1.807) is 24.3 Å². The van der Waals surface area contributed by atoms with Crippen molar-refractivity contribution < 1.29 is 13.2 Å². The summed E-state index contributed by atoms with van der Waals surface area (Å²) in [6.45, 7) is 2.15. The normalized spacial score (nSPS) is 19.1. The van der Waals surface area contributed by atoms with E-state index in [1.165, 1.54) is 5.56 Å². The highest BCUT2D eigenvalue weighted by atomic mass is 79.9. The second kappa shape index (κ2) is 9.71. The standard InChI is InChI=1S/C20H25BrN4O3S/c1-2-3-4-14-5-9-16(10-6-14)22-20(26)18-13-19(24-23-18)29(27,28)25-17-11-7-15(21)8-12-17/h5-12,18-19,23-25H,2-4,13H2,1H3,(H,22,26). The minimum atomic E-state index is -3.70. The SMILES string of the molecule is CCCCc1ccc(NC(=O)C2CC(S(=O)(=O)Nc3ccc(Br)cc3)NN2)cc1. The summed E-state index contributed by atoms with van der Waals surface area (Å²) in [5.41, 5.74) is 7.87. The van der Waals surface area contributed by atoms with Gasteiger partial charge in [-0.1, -0.05) is 41.4 Å². The van der Waals surface area contributed by atoms with Gasteiger partial charge in [0.15, 0.2) is 0 Å². The van der Waals surface area contributed by atoms with Crippen LogP contribution in [-0.4, -0.2) is 25.7 Å². The summed E-state index contributed by atoms with van der Waals surface area (Å²) in [5, 5.41) is 1.91. The maximum atomic E-state index is 12.6. The number of benzene rings is 2. The maximum absolute atomic E-state index is 12.6. The van der Waals surface area contributed by atoms with Gasteiger partial charge in [0.1, 0.15) is 11.4 Å². The number of nitrogens with one attached hydrogen (secondary N) is 4. The first-order valence-electron chi connectivity index (χ1n) is 9.55. The number of aryl methyl sites for hydroxylation is 1. The van der Waals surface area contributed by atoms with Crippen LogP contribution in [0.1, 0.15) is 31.7 Å². The van der Waals surface area contributed by atoms with Crippen LogP contribution < -0.4 is 20.9 Å². The number of hydrogen-bond acceptors (Lipinski definition) is 5. The van der Waals surface area contributed by atoms with E-state index in [2.05, 4.69) is 43.7 Å². The number of halogens is 1. The Balaban J connectivity index is 1.55. The molecule has 29 heavy (non-hydrogen) atoms. The first kappa shape index (κ1) is 21.8. The molecule has 3 rings (SSSR count). The van der Waals surface area contributed by atoms with Crippen LogP contribution >= 0.6 is 15.9 Å². The second-order valence-electron chi connectivity index (χ2n) is 7.01. The quantitative estimate of drug-likeness (QED) is 0.464. The van der Waals surface area contributed by atoms with E-state index in [4.69, 9.17) is 0 Å². The number of amides is 1. The summed E-state index contributed by atoms with van der Waals surface area (Å²) in [5.74, 6) is -0.278. The molecule has 1 amide bonds. The zero-order chi connectivity index (χ0) is 20.9. The number of anilines is 2. The number of unbranched alkanes of at least 4 members (excludes halogenated alkanes) is 1. The Labute approximate surface area is 179 Å². The van der Waals surface area contributed by atoms with Gasteiger partial charge in [0, 0.05) is 22.3 Å². The molecule has 7 nitrogen and oxygen atoms in total. The Kier molecular flexibility index (Phi) is 7.28. The highest BCUT2D eigenvalue weighted by Gasteiger charge is 2.37. The van der Waals surface area contributed by atoms with Crippen LogP contribution in [0.25, 0.3) is 0 Å². The fourth-order valence-corrected chi connectivity index (χ4v) is 4.56. The summed E-state index contributed by atoms with van der Waals surface area (Å²) >= 11 is 3.31. The van der Waals surface area contributed by atoms with Crippen molar-refractivity contribution in [2.45, 2.75) is 44.0 Å². The van der Waals surface area contributed by atoms with E-state index in [1.807, 2.05) is 24.3 Å². The van der Waals surface area contributed by atoms with Gasteiger partial charge in [-0.2, -0.15) is 0 Å². The van der Waals surface area contributed by atoms with Crippen LogP contribution in [0, 0.1) is 0 Å². The van der Waals surface area contributed by atoms with E-state index in [-0.39, 0.29) is 12.3 Å². The van der Waals surface area contributed by atoms with Crippen LogP contribution in [0.2, 0.25) is 0 Å². The predicted octanol–water partition coefficient (Wildman–Crippen LogP) is 3.36. The molecule has 1 aliphatic rings. The lowest BCUT2D eigenvalue weighted by Crippen LogP contribution is -2.42. The number of sulfonamides is 1. The van der Waals surface area contributed by atoms with Gasteiger partial charge in [0.05, 0.1) is 0 Å². The highest BCUT2D eigenvalue weighted by Crippen LogP contribution is 2.20. The van der Waals surface area contributed by atoms with Gasteiger partial charge in [-0.3, -0.25) is 9.52 Å². The van der Waals surface area contributed by atoms with Gasteiger partial charge >= 0.3 is 0 Å². The van der Waals surface area contributed by atoms with Gasteiger partial charge in [-0.25, -0.2) is 19.3 Å². The molecule has 9 heteroatoms. The lowest BCUT2D eigenvalue weighted by atomic mass is 10.1. The molecule has 0 saturated carbocycles. The van der Waals surface area contributed by atoms with Crippen molar-refractivity contribution in [3.8, 4) is 0 Å². The molecular formula is C20H25BrN4O3S. The van der Waals surface area contributed by atoms with Crippen LogP contribution in [0.5, 0.6) is 0 Å². The smallest absolute Gasteiger partial charge is 0.250 e.